The van der Waals surface area contributed by atoms with Crippen molar-refractivity contribution in [2.24, 2.45) is 0 Å². The van der Waals surface area contributed by atoms with Crippen molar-refractivity contribution >= 4 is 6.08 Å². The smallest absolute Gasteiger partial charge is 0.123 e. The molecule has 1 heteroatoms. The number of phenolic OH excluding ortho intramolecular Hbond substituents is 1. The maximum Gasteiger partial charge on any atom is 0.123 e. The number of aromatic hydroxyl groups is 1. The van der Waals surface area contributed by atoms with Gasteiger partial charge < -0.3 is 5.11 Å². The Bertz CT molecular complexity index is 287. The Morgan fingerprint density at radius 3 is 2.50 bits per heavy atom. The fourth-order valence-corrected chi connectivity index (χ4v) is 1.20. The van der Waals surface area contributed by atoms with Gasteiger partial charge >= 0.3 is 0 Å². The molecule has 0 saturated carbocycles. The van der Waals surface area contributed by atoms with Gasteiger partial charge in [0.15, 0.2) is 0 Å². The number of hydrogen-bond donors (Lipinski definition) is 1. The van der Waals surface area contributed by atoms with E-state index >= 15 is 0 Å². The van der Waals surface area contributed by atoms with Crippen molar-refractivity contribution < 1.29 is 5.11 Å². The summed E-state index contributed by atoms with van der Waals surface area (Å²) in [5.41, 5.74) is 1.88. The first-order valence-corrected chi connectivity index (χ1v) is 3.91. The maximum absolute atomic E-state index is 9.46. The molecule has 1 N–H and O–H groups in total. The quantitative estimate of drug-likeness (QED) is 0.707. The predicted octanol–water partition coefficient (Wildman–Crippen LogP) is 3.00. The highest BCUT2D eigenvalue weighted by atomic mass is 16.3. The van der Waals surface area contributed by atoms with Gasteiger partial charge in [-0.1, -0.05) is 38.6 Å². The van der Waals surface area contributed by atoms with Gasteiger partial charge in [0, 0.05) is 5.56 Å². The van der Waals surface area contributed by atoms with E-state index in [0.717, 1.165) is 11.1 Å². The second-order valence-electron chi connectivity index (χ2n) is 2.94. The third-order valence-electron chi connectivity index (χ3n) is 1.83. The zero-order valence-corrected chi connectivity index (χ0v) is 7.46. The normalized spacial score (nSPS) is 10.2. The Morgan fingerprint density at radius 2 is 2.08 bits per heavy atom. The van der Waals surface area contributed by atoms with E-state index in [9.17, 15) is 5.11 Å². The van der Waals surface area contributed by atoms with Crippen LogP contribution < -0.4 is 0 Å². The predicted molar refractivity (Wildman–Crippen MR) is 51.9 cm³/mol. The molecule has 0 spiro atoms. The van der Waals surface area contributed by atoms with Crippen molar-refractivity contribution in [3.63, 3.8) is 0 Å². The molecule has 0 atom stereocenters. The van der Waals surface area contributed by atoms with Gasteiger partial charge in [-0.15, -0.1) is 0 Å². The van der Waals surface area contributed by atoms with Crippen LogP contribution in [0.2, 0.25) is 0 Å². The fraction of sp³-hybridized carbons (Fsp3) is 0.182. The summed E-state index contributed by atoms with van der Waals surface area (Å²) in [6.07, 6.45) is 1.68. The molecule has 63 valence electrons. The van der Waals surface area contributed by atoms with Crippen molar-refractivity contribution in [2.45, 2.75) is 13.8 Å². The zero-order chi connectivity index (χ0) is 9.14. The first-order chi connectivity index (χ1) is 5.66. The molecule has 0 saturated heterocycles. The van der Waals surface area contributed by atoms with E-state index in [4.69, 9.17) is 0 Å². The van der Waals surface area contributed by atoms with Crippen LogP contribution in [-0.2, 0) is 0 Å². The molecule has 1 aromatic rings. The van der Waals surface area contributed by atoms with Gasteiger partial charge in [0.2, 0.25) is 0 Å². The summed E-state index contributed by atoms with van der Waals surface area (Å²) < 4.78 is 0. The van der Waals surface area contributed by atoms with Crippen LogP contribution in [-0.4, -0.2) is 5.11 Å². The summed E-state index contributed by atoms with van der Waals surface area (Å²) >= 11 is 0. The molecule has 0 aliphatic carbocycles. The van der Waals surface area contributed by atoms with Gasteiger partial charge in [-0.25, -0.2) is 0 Å². The first kappa shape index (κ1) is 8.85. The van der Waals surface area contributed by atoms with Gasteiger partial charge in [0.1, 0.15) is 5.75 Å². The van der Waals surface area contributed by atoms with E-state index in [2.05, 4.69) is 6.58 Å². The van der Waals surface area contributed by atoms with Gasteiger partial charge in [-0.3, -0.25) is 0 Å². The van der Waals surface area contributed by atoms with Crippen molar-refractivity contribution in [1.29, 1.82) is 0 Å². The summed E-state index contributed by atoms with van der Waals surface area (Å²) in [6, 6.07) is 5.49. The van der Waals surface area contributed by atoms with Gasteiger partial charge in [0.05, 0.1) is 0 Å². The molecule has 0 fully saturated rings. The molecular weight excluding hydrogens is 148 g/mol. The average molecular weight is 161 g/mol. The highest BCUT2D eigenvalue weighted by Gasteiger charge is 2.06. The second kappa shape index (κ2) is 3.44. The Kier molecular flexibility index (Phi) is 2.54. The average Bonchev–Trinajstić information content (AvgIpc) is 2.03. The molecule has 1 radical (unpaired) electrons. The first-order valence-electron chi connectivity index (χ1n) is 3.91. The fourth-order valence-electron chi connectivity index (χ4n) is 1.20. The van der Waals surface area contributed by atoms with Crippen molar-refractivity contribution in [3.8, 4) is 5.75 Å². The summed E-state index contributed by atoms with van der Waals surface area (Å²) in [4.78, 5) is 0. The van der Waals surface area contributed by atoms with Crippen LogP contribution in [0.5, 0.6) is 5.75 Å². The number of benzene rings is 1. The van der Waals surface area contributed by atoms with Crippen LogP contribution in [0.1, 0.15) is 25.0 Å². The van der Waals surface area contributed by atoms with Crippen LogP contribution >= 0.6 is 0 Å². The lowest BCUT2D eigenvalue weighted by Crippen LogP contribution is -1.92. The van der Waals surface area contributed by atoms with E-state index < -0.39 is 0 Å². The highest BCUT2D eigenvalue weighted by Crippen LogP contribution is 2.26. The molecule has 1 nitrogen and oxygen atoms in total. The summed E-state index contributed by atoms with van der Waals surface area (Å²) in [5, 5.41) is 9.46. The highest BCUT2D eigenvalue weighted by molar-refractivity contribution is 5.62. The summed E-state index contributed by atoms with van der Waals surface area (Å²) in [6.45, 7) is 7.69. The van der Waals surface area contributed by atoms with Crippen molar-refractivity contribution in [2.75, 3.05) is 0 Å². The summed E-state index contributed by atoms with van der Waals surface area (Å²) in [5.74, 6) is 1.48. The Balaban J connectivity index is 3.27. The van der Waals surface area contributed by atoms with Gasteiger partial charge in [-0.05, 0) is 17.5 Å². The van der Waals surface area contributed by atoms with Crippen molar-refractivity contribution in [1.82, 2.24) is 0 Å². The topological polar surface area (TPSA) is 20.2 Å². The molecule has 0 aliphatic rings. The van der Waals surface area contributed by atoms with E-state index in [-0.39, 0.29) is 0 Å². The summed E-state index contributed by atoms with van der Waals surface area (Å²) in [7, 11) is 0. The molecule has 0 aliphatic heterocycles. The van der Waals surface area contributed by atoms with Crippen LogP contribution in [0.3, 0.4) is 0 Å². The number of phenols is 1. The lowest BCUT2D eigenvalue weighted by Gasteiger charge is -2.09. The Hall–Kier alpha value is -1.24. The Morgan fingerprint density at radius 1 is 1.42 bits per heavy atom. The number of hydrogen-bond acceptors (Lipinski definition) is 1. The molecule has 0 unspecified atom stereocenters. The van der Waals surface area contributed by atoms with E-state index in [1.165, 1.54) is 5.92 Å². The Labute approximate surface area is 73.4 Å². The SMILES string of the molecule is C=Cc1c(O)cccc1[C](C)C. The molecule has 1 rings (SSSR count). The zero-order valence-electron chi connectivity index (χ0n) is 7.46. The molecular formula is C11H13O. The molecule has 1 aromatic carbocycles. The molecule has 0 aromatic heterocycles. The van der Waals surface area contributed by atoms with Crippen LogP contribution in [0.4, 0.5) is 0 Å². The van der Waals surface area contributed by atoms with E-state index in [1.807, 2.05) is 26.0 Å². The van der Waals surface area contributed by atoms with E-state index in [1.54, 1.807) is 12.1 Å². The number of rotatable bonds is 2. The molecule has 0 bridgehead atoms. The molecule has 0 amide bonds. The minimum absolute atomic E-state index is 0.295. The van der Waals surface area contributed by atoms with Crippen LogP contribution in [0.15, 0.2) is 24.8 Å². The van der Waals surface area contributed by atoms with Crippen molar-refractivity contribution in [3.05, 3.63) is 41.8 Å². The van der Waals surface area contributed by atoms with Gasteiger partial charge in [-0.2, -0.15) is 0 Å². The lowest BCUT2D eigenvalue weighted by atomic mass is 9.97. The molecule has 0 heterocycles. The largest absolute Gasteiger partial charge is 0.507 e. The standard InChI is InChI=1S/C11H13O/c1-4-9-10(8(2)3)6-5-7-11(9)12/h4-7,12H,1H2,2-3H3. The third kappa shape index (κ3) is 1.50. The minimum atomic E-state index is 0.295. The van der Waals surface area contributed by atoms with E-state index in [0.29, 0.717) is 5.75 Å². The van der Waals surface area contributed by atoms with Crippen LogP contribution in [0.25, 0.3) is 6.08 Å². The van der Waals surface area contributed by atoms with Crippen LogP contribution in [0, 0.1) is 5.92 Å². The third-order valence-corrected chi connectivity index (χ3v) is 1.83. The maximum atomic E-state index is 9.46. The monoisotopic (exact) mass is 161 g/mol. The molecule has 12 heavy (non-hydrogen) atoms. The minimum Gasteiger partial charge on any atom is -0.507 e. The second-order valence-corrected chi connectivity index (χ2v) is 2.94. The van der Waals surface area contributed by atoms with Gasteiger partial charge in [0.25, 0.3) is 0 Å². The lowest BCUT2D eigenvalue weighted by molar-refractivity contribution is 0.473.